The second-order valence-corrected chi connectivity index (χ2v) is 4.01. The summed E-state index contributed by atoms with van der Waals surface area (Å²) in [5, 5.41) is 0. The molecule has 0 aromatic carbocycles. The van der Waals surface area contributed by atoms with E-state index in [9.17, 15) is 4.39 Å². The Labute approximate surface area is 95.8 Å². The molecule has 0 saturated carbocycles. The normalized spacial score (nSPS) is 14.7. The van der Waals surface area contributed by atoms with E-state index in [1.165, 1.54) is 7.11 Å². The Hall–Kier alpha value is -1.00. The van der Waals surface area contributed by atoms with Crippen LogP contribution in [0.3, 0.4) is 0 Å². The lowest BCUT2D eigenvalue weighted by Crippen LogP contribution is -2.32. The minimum Gasteiger partial charge on any atom is -0.381 e. The van der Waals surface area contributed by atoms with Crippen molar-refractivity contribution in [1.29, 1.82) is 0 Å². The van der Waals surface area contributed by atoms with E-state index in [1.807, 2.05) is 12.1 Å². The SMILES string of the molecule is COCC(F)(CCCN)Cc1ccncc1. The van der Waals surface area contributed by atoms with Crippen LogP contribution in [0, 0.1) is 0 Å². The molecule has 90 valence electrons. The molecule has 0 aliphatic heterocycles. The van der Waals surface area contributed by atoms with Gasteiger partial charge < -0.3 is 10.5 Å². The largest absolute Gasteiger partial charge is 0.381 e. The van der Waals surface area contributed by atoms with Crippen LogP contribution in [-0.2, 0) is 11.2 Å². The van der Waals surface area contributed by atoms with Crippen molar-refractivity contribution in [2.75, 3.05) is 20.3 Å². The van der Waals surface area contributed by atoms with Crippen LogP contribution in [0.1, 0.15) is 18.4 Å². The van der Waals surface area contributed by atoms with Crippen LogP contribution in [0.5, 0.6) is 0 Å². The summed E-state index contributed by atoms with van der Waals surface area (Å²) >= 11 is 0. The van der Waals surface area contributed by atoms with Crippen LogP contribution in [0.15, 0.2) is 24.5 Å². The monoisotopic (exact) mass is 226 g/mol. The first-order valence-electron chi connectivity index (χ1n) is 5.47. The summed E-state index contributed by atoms with van der Waals surface area (Å²) in [5.41, 5.74) is 5.02. The zero-order valence-corrected chi connectivity index (χ0v) is 9.66. The highest BCUT2D eigenvalue weighted by molar-refractivity contribution is 5.13. The van der Waals surface area contributed by atoms with Gasteiger partial charge in [-0.1, -0.05) is 0 Å². The highest BCUT2D eigenvalue weighted by Crippen LogP contribution is 2.23. The van der Waals surface area contributed by atoms with Crippen LogP contribution in [-0.4, -0.2) is 30.9 Å². The first kappa shape index (κ1) is 13.1. The highest BCUT2D eigenvalue weighted by atomic mass is 19.1. The Morgan fingerprint density at radius 3 is 2.69 bits per heavy atom. The van der Waals surface area contributed by atoms with Gasteiger partial charge in [0.2, 0.25) is 0 Å². The predicted molar refractivity (Wildman–Crippen MR) is 61.9 cm³/mol. The van der Waals surface area contributed by atoms with E-state index in [2.05, 4.69) is 4.98 Å². The number of hydrogen-bond donors (Lipinski definition) is 1. The number of nitrogens with two attached hydrogens (primary N) is 1. The third-order valence-corrected chi connectivity index (χ3v) is 2.50. The summed E-state index contributed by atoms with van der Waals surface area (Å²) < 4.78 is 19.4. The molecule has 4 heteroatoms. The zero-order chi connectivity index (χ0) is 11.9. The van der Waals surface area contributed by atoms with E-state index in [0.717, 1.165) is 5.56 Å². The summed E-state index contributed by atoms with van der Waals surface area (Å²) in [4.78, 5) is 3.91. The van der Waals surface area contributed by atoms with Crippen molar-refractivity contribution in [3.05, 3.63) is 30.1 Å². The van der Waals surface area contributed by atoms with Crippen molar-refractivity contribution in [2.24, 2.45) is 5.73 Å². The lowest BCUT2D eigenvalue weighted by atomic mass is 9.93. The number of alkyl halides is 1. The summed E-state index contributed by atoms with van der Waals surface area (Å²) in [6.45, 7) is 0.612. The second kappa shape index (κ2) is 6.55. The van der Waals surface area contributed by atoms with Gasteiger partial charge in [-0.25, -0.2) is 4.39 Å². The van der Waals surface area contributed by atoms with Crippen molar-refractivity contribution in [3.63, 3.8) is 0 Å². The topological polar surface area (TPSA) is 48.1 Å². The molecule has 0 amide bonds. The first-order valence-corrected chi connectivity index (χ1v) is 5.47. The van der Waals surface area contributed by atoms with Crippen LogP contribution < -0.4 is 5.73 Å². The van der Waals surface area contributed by atoms with E-state index in [-0.39, 0.29) is 6.61 Å². The fraction of sp³-hybridized carbons (Fsp3) is 0.583. The van der Waals surface area contributed by atoms with Gasteiger partial charge in [0.05, 0.1) is 6.61 Å². The number of ether oxygens (including phenoxy) is 1. The quantitative estimate of drug-likeness (QED) is 0.770. The number of pyridine rings is 1. The third-order valence-electron chi connectivity index (χ3n) is 2.50. The van der Waals surface area contributed by atoms with Crippen molar-refractivity contribution in [2.45, 2.75) is 24.9 Å². The van der Waals surface area contributed by atoms with Crippen LogP contribution in [0.2, 0.25) is 0 Å². The number of aromatic nitrogens is 1. The minimum atomic E-state index is -1.32. The van der Waals surface area contributed by atoms with Gasteiger partial charge in [-0.2, -0.15) is 0 Å². The fourth-order valence-electron chi connectivity index (χ4n) is 1.76. The van der Waals surface area contributed by atoms with Crippen LogP contribution in [0.25, 0.3) is 0 Å². The molecule has 2 N–H and O–H groups in total. The van der Waals surface area contributed by atoms with E-state index >= 15 is 0 Å². The van der Waals surface area contributed by atoms with Gasteiger partial charge in [0.1, 0.15) is 5.67 Å². The third kappa shape index (κ3) is 4.24. The van der Waals surface area contributed by atoms with Crippen molar-refractivity contribution >= 4 is 0 Å². The van der Waals surface area contributed by atoms with Crippen molar-refractivity contribution < 1.29 is 9.13 Å². The summed E-state index contributed by atoms with van der Waals surface area (Å²) in [5.74, 6) is 0. The number of hydrogen-bond acceptors (Lipinski definition) is 3. The van der Waals surface area contributed by atoms with E-state index in [1.54, 1.807) is 12.4 Å². The lowest BCUT2D eigenvalue weighted by molar-refractivity contribution is 0.0334. The van der Waals surface area contributed by atoms with E-state index < -0.39 is 5.67 Å². The second-order valence-electron chi connectivity index (χ2n) is 4.01. The number of nitrogens with zero attached hydrogens (tertiary/aromatic N) is 1. The number of methoxy groups -OCH3 is 1. The first-order chi connectivity index (χ1) is 7.70. The van der Waals surface area contributed by atoms with Crippen LogP contribution in [0.4, 0.5) is 4.39 Å². The Bertz CT molecular complexity index is 294. The van der Waals surface area contributed by atoms with Gasteiger partial charge in [0.25, 0.3) is 0 Å². The van der Waals surface area contributed by atoms with Gasteiger partial charge in [-0.05, 0) is 37.1 Å². The molecule has 0 aliphatic carbocycles. The Kier molecular flexibility index (Phi) is 5.35. The molecule has 1 rings (SSSR count). The molecule has 0 bridgehead atoms. The molecule has 1 unspecified atom stereocenters. The van der Waals surface area contributed by atoms with Gasteiger partial charge in [0.15, 0.2) is 0 Å². The molecule has 1 aromatic heterocycles. The standard InChI is InChI=1S/C12H19FN2O/c1-16-10-12(13,5-2-6-14)9-11-3-7-15-8-4-11/h3-4,7-8H,2,5-6,9-10,14H2,1H3. The van der Waals surface area contributed by atoms with Gasteiger partial charge >= 0.3 is 0 Å². The minimum absolute atomic E-state index is 0.106. The molecule has 0 spiro atoms. The highest BCUT2D eigenvalue weighted by Gasteiger charge is 2.29. The lowest BCUT2D eigenvalue weighted by Gasteiger charge is -2.24. The maximum absolute atomic E-state index is 14.5. The summed E-state index contributed by atoms with van der Waals surface area (Å²) in [7, 11) is 1.52. The smallest absolute Gasteiger partial charge is 0.138 e. The van der Waals surface area contributed by atoms with Gasteiger partial charge in [-0.3, -0.25) is 4.98 Å². The molecular formula is C12H19FN2O. The Morgan fingerprint density at radius 2 is 2.12 bits per heavy atom. The molecule has 0 fully saturated rings. The summed E-state index contributed by atoms with van der Waals surface area (Å²) in [6.07, 6.45) is 4.80. The molecule has 1 heterocycles. The fourth-order valence-corrected chi connectivity index (χ4v) is 1.76. The molecule has 1 aromatic rings. The molecule has 0 aliphatic rings. The van der Waals surface area contributed by atoms with E-state index in [4.69, 9.17) is 10.5 Å². The average molecular weight is 226 g/mol. The number of rotatable bonds is 7. The van der Waals surface area contributed by atoms with Crippen molar-refractivity contribution in [3.8, 4) is 0 Å². The Morgan fingerprint density at radius 1 is 1.44 bits per heavy atom. The molecule has 1 atom stereocenters. The Balaban J connectivity index is 2.62. The van der Waals surface area contributed by atoms with E-state index in [0.29, 0.717) is 25.8 Å². The van der Waals surface area contributed by atoms with Crippen LogP contribution >= 0.6 is 0 Å². The number of halogens is 1. The van der Waals surface area contributed by atoms with Crippen molar-refractivity contribution in [1.82, 2.24) is 4.98 Å². The predicted octanol–water partition coefficient (Wildman–Crippen LogP) is 1.72. The molecular weight excluding hydrogens is 207 g/mol. The van der Waals surface area contributed by atoms with Gasteiger partial charge in [0, 0.05) is 25.9 Å². The molecule has 16 heavy (non-hydrogen) atoms. The molecule has 0 radical (unpaired) electrons. The zero-order valence-electron chi connectivity index (χ0n) is 9.66. The molecule has 3 nitrogen and oxygen atoms in total. The van der Waals surface area contributed by atoms with Gasteiger partial charge in [-0.15, -0.1) is 0 Å². The maximum Gasteiger partial charge on any atom is 0.138 e. The molecule has 0 saturated heterocycles. The average Bonchev–Trinajstić information content (AvgIpc) is 2.28. The summed E-state index contributed by atoms with van der Waals surface area (Å²) in [6, 6.07) is 3.65. The maximum atomic E-state index is 14.5.